The smallest absolute Gasteiger partial charge is 0.338 e. The Labute approximate surface area is 102 Å². The summed E-state index contributed by atoms with van der Waals surface area (Å²) >= 11 is 0. The topological polar surface area (TPSA) is 62.0 Å². The number of carboxylic acids is 1. The van der Waals surface area contributed by atoms with Gasteiger partial charge in [0, 0.05) is 6.07 Å². The van der Waals surface area contributed by atoms with Crippen LogP contribution in [0.5, 0.6) is 0 Å². The van der Waals surface area contributed by atoms with Crippen molar-refractivity contribution in [2.45, 2.75) is 0 Å². The Morgan fingerprint density at radius 3 is 2.28 bits per heavy atom. The quantitative estimate of drug-likeness (QED) is 0.831. The summed E-state index contributed by atoms with van der Waals surface area (Å²) in [7, 11) is 0. The molecule has 0 aliphatic carbocycles. The van der Waals surface area contributed by atoms with Crippen molar-refractivity contribution in [1.29, 1.82) is 0 Å². The van der Waals surface area contributed by atoms with Crippen molar-refractivity contribution in [3.63, 3.8) is 0 Å². The summed E-state index contributed by atoms with van der Waals surface area (Å²) in [5.74, 6) is -2.13. The number of carbonyl (C=O) groups is 1. The van der Waals surface area contributed by atoms with Gasteiger partial charge in [0.05, 0.1) is 16.9 Å². The van der Waals surface area contributed by atoms with Crippen molar-refractivity contribution in [1.82, 2.24) is 0 Å². The van der Waals surface area contributed by atoms with Gasteiger partial charge in [0.15, 0.2) is 0 Å². The van der Waals surface area contributed by atoms with E-state index in [1.165, 1.54) is 6.07 Å². The van der Waals surface area contributed by atoms with Gasteiger partial charge in [-0.15, -0.1) is 0 Å². The molecule has 2 rings (SSSR count). The normalized spacial score (nSPS) is 10.7. The molecule has 2 aromatic rings. The number of hydrogen-bond acceptors (Lipinski definition) is 3. The summed E-state index contributed by atoms with van der Waals surface area (Å²) in [6.45, 7) is 0. The molecule has 90 valence electrons. The zero-order valence-corrected chi connectivity index (χ0v) is 9.25. The molecule has 4 nitrogen and oxygen atoms in total. The fourth-order valence-electron chi connectivity index (χ4n) is 1.35. The predicted molar refractivity (Wildman–Crippen MR) is 64.0 cm³/mol. The molecule has 0 saturated heterocycles. The molecule has 0 unspecified atom stereocenters. The van der Waals surface area contributed by atoms with Crippen LogP contribution in [0.25, 0.3) is 0 Å². The summed E-state index contributed by atoms with van der Waals surface area (Å²) < 4.78 is 13.3. The lowest BCUT2D eigenvalue weighted by molar-refractivity contribution is 0.0692. The molecule has 0 aliphatic rings. The third kappa shape index (κ3) is 2.76. The van der Waals surface area contributed by atoms with Gasteiger partial charge in [0.2, 0.25) is 0 Å². The lowest BCUT2D eigenvalue weighted by atomic mass is 10.2. The molecule has 0 atom stereocenters. The van der Waals surface area contributed by atoms with E-state index in [0.29, 0.717) is 5.69 Å². The monoisotopic (exact) mass is 244 g/mol. The minimum Gasteiger partial charge on any atom is -0.478 e. The van der Waals surface area contributed by atoms with Crippen molar-refractivity contribution >= 4 is 17.3 Å². The fourth-order valence-corrected chi connectivity index (χ4v) is 1.35. The molecule has 0 saturated carbocycles. The van der Waals surface area contributed by atoms with Gasteiger partial charge in [-0.1, -0.05) is 18.2 Å². The standard InChI is InChI=1S/C13H9FN2O2/c14-12-8-10(6-7-11(12)13(17)18)16-15-9-4-2-1-3-5-9/h1-8H,(H,17,18). The van der Waals surface area contributed by atoms with E-state index in [9.17, 15) is 9.18 Å². The average molecular weight is 244 g/mol. The molecule has 2 aromatic carbocycles. The highest BCUT2D eigenvalue weighted by molar-refractivity contribution is 5.88. The van der Waals surface area contributed by atoms with Crippen LogP contribution in [0.4, 0.5) is 15.8 Å². The maximum Gasteiger partial charge on any atom is 0.338 e. The first kappa shape index (κ1) is 11.9. The Bertz CT molecular complexity index is 597. The molecule has 1 N–H and O–H groups in total. The van der Waals surface area contributed by atoms with Crippen LogP contribution in [-0.2, 0) is 0 Å². The van der Waals surface area contributed by atoms with Crippen LogP contribution < -0.4 is 0 Å². The van der Waals surface area contributed by atoms with Crippen molar-refractivity contribution < 1.29 is 14.3 Å². The first-order valence-corrected chi connectivity index (χ1v) is 5.16. The van der Waals surface area contributed by atoms with Gasteiger partial charge < -0.3 is 5.11 Å². The maximum atomic E-state index is 13.3. The average Bonchev–Trinajstić information content (AvgIpc) is 2.37. The van der Waals surface area contributed by atoms with Crippen molar-refractivity contribution in [2.75, 3.05) is 0 Å². The van der Waals surface area contributed by atoms with Gasteiger partial charge in [0.1, 0.15) is 5.82 Å². The van der Waals surface area contributed by atoms with E-state index in [1.54, 1.807) is 12.1 Å². The second-order valence-corrected chi connectivity index (χ2v) is 3.50. The summed E-state index contributed by atoms with van der Waals surface area (Å²) in [5.41, 5.74) is 0.523. The number of azo groups is 1. The molecule has 5 heteroatoms. The van der Waals surface area contributed by atoms with Crippen LogP contribution in [-0.4, -0.2) is 11.1 Å². The number of aromatic carboxylic acids is 1. The van der Waals surface area contributed by atoms with Crippen LogP contribution in [0.15, 0.2) is 58.8 Å². The minimum atomic E-state index is -1.31. The summed E-state index contributed by atoms with van der Waals surface area (Å²) in [6, 6.07) is 12.6. The Balaban J connectivity index is 2.23. The number of carboxylic acid groups (broad SMARTS) is 1. The third-order valence-electron chi connectivity index (χ3n) is 2.22. The van der Waals surface area contributed by atoms with E-state index in [0.717, 1.165) is 12.1 Å². The number of benzene rings is 2. The van der Waals surface area contributed by atoms with Gasteiger partial charge >= 0.3 is 5.97 Å². The van der Waals surface area contributed by atoms with E-state index < -0.39 is 11.8 Å². The highest BCUT2D eigenvalue weighted by Gasteiger charge is 2.09. The van der Waals surface area contributed by atoms with E-state index in [2.05, 4.69) is 10.2 Å². The molecular formula is C13H9FN2O2. The van der Waals surface area contributed by atoms with E-state index in [1.807, 2.05) is 18.2 Å². The maximum absolute atomic E-state index is 13.3. The van der Waals surface area contributed by atoms with Gasteiger partial charge in [0.25, 0.3) is 0 Å². The SMILES string of the molecule is O=C(O)c1ccc(N=Nc2ccccc2)cc1F. The first-order chi connectivity index (χ1) is 8.66. The van der Waals surface area contributed by atoms with Gasteiger partial charge in [-0.05, 0) is 24.3 Å². The molecule has 0 spiro atoms. The van der Waals surface area contributed by atoms with Crippen molar-refractivity contribution in [2.24, 2.45) is 10.2 Å². The summed E-state index contributed by atoms with van der Waals surface area (Å²) in [5, 5.41) is 16.4. The molecule has 0 aromatic heterocycles. The Morgan fingerprint density at radius 1 is 1.00 bits per heavy atom. The fraction of sp³-hybridized carbons (Fsp3) is 0. The number of nitrogens with zero attached hydrogens (tertiary/aromatic N) is 2. The molecular weight excluding hydrogens is 235 g/mol. The van der Waals surface area contributed by atoms with Crippen LogP contribution in [0, 0.1) is 5.82 Å². The minimum absolute atomic E-state index is 0.265. The molecule has 0 radical (unpaired) electrons. The van der Waals surface area contributed by atoms with Gasteiger partial charge in [-0.2, -0.15) is 10.2 Å². The second kappa shape index (κ2) is 5.18. The van der Waals surface area contributed by atoms with Gasteiger partial charge in [-0.25, -0.2) is 9.18 Å². The van der Waals surface area contributed by atoms with Crippen LogP contribution in [0.1, 0.15) is 10.4 Å². The highest BCUT2D eigenvalue weighted by atomic mass is 19.1. The zero-order chi connectivity index (χ0) is 13.0. The molecule has 0 heterocycles. The molecule has 0 amide bonds. The Hall–Kier alpha value is -2.56. The molecule has 0 bridgehead atoms. The number of rotatable bonds is 3. The first-order valence-electron chi connectivity index (χ1n) is 5.16. The van der Waals surface area contributed by atoms with Gasteiger partial charge in [-0.3, -0.25) is 0 Å². The third-order valence-corrected chi connectivity index (χ3v) is 2.22. The highest BCUT2D eigenvalue weighted by Crippen LogP contribution is 2.20. The van der Waals surface area contributed by atoms with E-state index in [4.69, 9.17) is 5.11 Å². The molecule has 0 aliphatic heterocycles. The Morgan fingerprint density at radius 2 is 1.67 bits per heavy atom. The van der Waals surface area contributed by atoms with Crippen molar-refractivity contribution in [3.05, 3.63) is 59.9 Å². The lowest BCUT2D eigenvalue weighted by Gasteiger charge is -1.98. The summed E-state index contributed by atoms with van der Waals surface area (Å²) in [6.07, 6.45) is 0. The predicted octanol–water partition coefficient (Wildman–Crippen LogP) is 3.94. The summed E-state index contributed by atoms with van der Waals surface area (Å²) in [4.78, 5) is 10.6. The molecule has 18 heavy (non-hydrogen) atoms. The van der Waals surface area contributed by atoms with Crippen LogP contribution >= 0.6 is 0 Å². The number of hydrogen-bond donors (Lipinski definition) is 1. The Kier molecular flexibility index (Phi) is 3.43. The van der Waals surface area contributed by atoms with E-state index >= 15 is 0 Å². The van der Waals surface area contributed by atoms with Crippen LogP contribution in [0.2, 0.25) is 0 Å². The largest absolute Gasteiger partial charge is 0.478 e. The number of halogens is 1. The second-order valence-electron chi connectivity index (χ2n) is 3.50. The zero-order valence-electron chi connectivity index (χ0n) is 9.25. The van der Waals surface area contributed by atoms with Crippen LogP contribution in [0.3, 0.4) is 0 Å². The van der Waals surface area contributed by atoms with E-state index in [-0.39, 0.29) is 11.3 Å². The molecule has 0 fully saturated rings. The van der Waals surface area contributed by atoms with Crippen molar-refractivity contribution in [3.8, 4) is 0 Å². The lowest BCUT2D eigenvalue weighted by Crippen LogP contribution is -1.99.